The summed E-state index contributed by atoms with van der Waals surface area (Å²) in [6.07, 6.45) is 2.51. The Hall–Kier alpha value is -0.550. The van der Waals surface area contributed by atoms with Gasteiger partial charge in [0.25, 0.3) is 0 Å². The van der Waals surface area contributed by atoms with Crippen molar-refractivity contribution in [1.82, 2.24) is 5.32 Å². The van der Waals surface area contributed by atoms with Crippen LogP contribution in [0, 0.1) is 0 Å². The third-order valence-corrected chi connectivity index (χ3v) is 4.05. The molecule has 0 unspecified atom stereocenters. The minimum atomic E-state index is 0.529. The molecular weight excluding hydrogens is 330 g/mol. The van der Waals surface area contributed by atoms with E-state index in [1.807, 2.05) is 12.1 Å². The molecule has 1 aromatic carbocycles. The summed E-state index contributed by atoms with van der Waals surface area (Å²) in [6.45, 7) is 1.26. The summed E-state index contributed by atoms with van der Waals surface area (Å²) in [4.78, 5) is 0. The summed E-state index contributed by atoms with van der Waals surface area (Å²) in [7, 11) is 1.69. The first kappa shape index (κ1) is 13.4. The number of furan rings is 1. The molecule has 19 heavy (non-hydrogen) atoms. The Morgan fingerprint density at radius 2 is 2.26 bits per heavy atom. The molecule has 0 bridgehead atoms. The van der Waals surface area contributed by atoms with Crippen molar-refractivity contribution in [3.8, 4) is 0 Å². The number of ether oxygens (including phenoxy) is 1. The van der Waals surface area contributed by atoms with Gasteiger partial charge in [-0.3, -0.25) is 0 Å². The van der Waals surface area contributed by atoms with Crippen LogP contribution in [0.4, 0.5) is 0 Å². The fourth-order valence-corrected chi connectivity index (χ4v) is 3.04. The highest BCUT2D eigenvalue weighted by Crippen LogP contribution is 2.35. The summed E-state index contributed by atoms with van der Waals surface area (Å²) in [5, 5.41) is 5.11. The summed E-state index contributed by atoms with van der Waals surface area (Å²) in [5.74, 6) is 0.920. The van der Waals surface area contributed by atoms with Crippen LogP contribution in [-0.4, -0.2) is 13.2 Å². The SMILES string of the molecule is COCc1c(CNC2CC2)oc2c(Cl)cc(Br)cc12. The highest BCUT2D eigenvalue weighted by atomic mass is 79.9. The molecule has 1 N–H and O–H groups in total. The van der Waals surface area contributed by atoms with Crippen molar-refractivity contribution in [3.63, 3.8) is 0 Å². The Bertz CT molecular complexity index is 607. The van der Waals surface area contributed by atoms with Crippen LogP contribution in [0.1, 0.15) is 24.2 Å². The fourth-order valence-electron chi connectivity index (χ4n) is 2.19. The number of halogens is 2. The maximum Gasteiger partial charge on any atom is 0.153 e. The van der Waals surface area contributed by atoms with Crippen molar-refractivity contribution in [2.45, 2.75) is 32.0 Å². The van der Waals surface area contributed by atoms with Gasteiger partial charge in [0.05, 0.1) is 18.2 Å². The number of rotatable bonds is 5. The summed E-state index contributed by atoms with van der Waals surface area (Å²) in [5.41, 5.74) is 1.82. The predicted molar refractivity (Wildman–Crippen MR) is 79.5 cm³/mol. The Labute approximate surface area is 125 Å². The van der Waals surface area contributed by atoms with Gasteiger partial charge in [-0.1, -0.05) is 27.5 Å². The summed E-state index contributed by atoms with van der Waals surface area (Å²) in [6, 6.07) is 4.52. The molecule has 3 nitrogen and oxygen atoms in total. The molecule has 1 fully saturated rings. The Kier molecular flexibility index (Phi) is 3.85. The van der Waals surface area contributed by atoms with Crippen molar-refractivity contribution < 1.29 is 9.15 Å². The van der Waals surface area contributed by atoms with Gasteiger partial charge in [0.2, 0.25) is 0 Å². The van der Waals surface area contributed by atoms with Gasteiger partial charge in [0.1, 0.15) is 5.76 Å². The van der Waals surface area contributed by atoms with Crippen LogP contribution in [0.15, 0.2) is 21.0 Å². The van der Waals surface area contributed by atoms with E-state index in [-0.39, 0.29) is 0 Å². The van der Waals surface area contributed by atoms with E-state index in [0.29, 0.717) is 17.7 Å². The van der Waals surface area contributed by atoms with Gasteiger partial charge in [-0.2, -0.15) is 0 Å². The normalized spacial score (nSPS) is 15.3. The summed E-state index contributed by atoms with van der Waals surface area (Å²) < 4.78 is 12.2. The highest BCUT2D eigenvalue weighted by molar-refractivity contribution is 9.10. The lowest BCUT2D eigenvalue weighted by atomic mass is 10.1. The predicted octanol–water partition coefficient (Wildman–Crippen LogP) is 4.25. The largest absolute Gasteiger partial charge is 0.458 e. The first-order chi connectivity index (χ1) is 9.19. The minimum absolute atomic E-state index is 0.529. The molecule has 3 rings (SSSR count). The molecule has 0 aliphatic heterocycles. The zero-order valence-electron chi connectivity index (χ0n) is 10.6. The first-order valence-electron chi connectivity index (χ1n) is 6.30. The number of methoxy groups -OCH3 is 1. The standard InChI is InChI=1S/C14H15BrClNO2/c1-18-7-11-10-4-8(15)5-12(16)14(10)19-13(11)6-17-9-2-3-9/h4-5,9,17H,2-3,6-7H2,1H3. The monoisotopic (exact) mass is 343 g/mol. The lowest BCUT2D eigenvalue weighted by Gasteiger charge is -2.03. The van der Waals surface area contributed by atoms with Gasteiger partial charge in [0, 0.05) is 28.6 Å². The second-order valence-corrected chi connectivity index (χ2v) is 6.18. The van der Waals surface area contributed by atoms with Crippen molar-refractivity contribution in [2.75, 3.05) is 7.11 Å². The van der Waals surface area contributed by atoms with E-state index in [1.54, 1.807) is 7.11 Å². The lowest BCUT2D eigenvalue weighted by Crippen LogP contribution is -2.15. The lowest BCUT2D eigenvalue weighted by molar-refractivity contribution is 0.183. The van der Waals surface area contributed by atoms with E-state index < -0.39 is 0 Å². The van der Waals surface area contributed by atoms with E-state index in [4.69, 9.17) is 20.8 Å². The van der Waals surface area contributed by atoms with E-state index in [1.165, 1.54) is 12.8 Å². The smallest absolute Gasteiger partial charge is 0.153 e. The number of nitrogens with one attached hydrogen (secondary N) is 1. The van der Waals surface area contributed by atoms with Gasteiger partial charge in [-0.25, -0.2) is 0 Å². The third kappa shape index (κ3) is 2.82. The average Bonchev–Trinajstić information content (AvgIpc) is 3.13. The molecule has 2 aromatic rings. The van der Waals surface area contributed by atoms with E-state index in [2.05, 4.69) is 21.2 Å². The topological polar surface area (TPSA) is 34.4 Å². The van der Waals surface area contributed by atoms with Gasteiger partial charge in [-0.05, 0) is 25.0 Å². The van der Waals surface area contributed by atoms with Crippen LogP contribution in [0.25, 0.3) is 11.0 Å². The molecule has 1 saturated carbocycles. The number of hydrogen-bond donors (Lipinski definition) is 1. The molecule has 0 saturated heterocycles. The molecule has 1 aromatic heterocycles. The minimum Gasteiger partial charge on any atom is -0.458 e. The quantitative estimate of drug-likeness (QED) is 0.880. The van der Waals surface area contributed by atoms with Crippen molar-refractivity contribution >= 4 is 38.5 Å². The fraction of sp³-hybridized carbons (Fsp3) is 0.429. The molecular formula is C14H15BrClNO2. The van der Waals surface area contributed by atoms with Crippen LogP contribution >= 0.6 is 27.5 Å². The van der Waals surface area contributed by atoms with Crippen molar-refractivity contribution in [3.05, 3.63) is 33.0 Å². The molecule has 1 heterocycles. The van der Waals surface area contributed by atoms with Gasteiger partial charge in [-0.15, -0.1) is 0 Å². The zero-order valence-corrected chi connectivity index (χ0v) is 13.0. The maximum atomic E-state index is 6.24. The third-order valence-electron chi connectivity index (χ3n) is 3.31. The second kappa shape index (κ2) is 5.44. The van der Waals surface area contributed by atoms with Crippen LogP contribution in [-0.2, 0) is 17.9 Å². The van der Waals surface area contributed by atoms with Crippen LogP contribution in [0.3, 0.4) is 0 Å². The average molecular weight is 345 g/mol. The Balaban J connectivity index is 2.03. The Morgan fingerprint density at radius 3 is 2.95 bits per heavy atom. The highest BCUT2D eigenvalue weighted by Gasteiger charge is 2.23. The van der Waals surface area contributed by atoms with Crippen LogP contribution < -0.4 is 5.32 Å². The van der Waals surface area contributed by atoms with E-state index in [9.17, 15) is 0 Å². The molecule has 0 amide bonds. The van der Waals surface area contributed by atoms with Crippen molar-refractivity contribution in [1.29, 1.82) is 0 Å². The molecule has 0 radical (unpaired) electrons. The first-order valence-corrected chi connectivity index (χ1v) is 7.47. The number of hydrogen-bond acceptors (Lipinski definition) is 3. The van der Waals surface area contributed by atoms with Gasteiger partial charge >= 0.3 is 0 Å². The summed E-state index contributed by atoms with van der Waals surface area (Å²) >= 11 is 9.71. The molecule has 1 aliphatic carbocycles. The zero-order chi connectivity index (χ0) is 13.4. The second-order valence-electron chi connectivity index (χ2n) is 4.86. The number of benzene rings is 1. The van der Waals surface area contributed by atoms with Crippen molar-refractivity contribution in [2.24, 2.45) is 0 Å². The van der Waals surface area contributed by atoms with Crippen LogP contribution in [0.5, 0.6) is 0 Å². The van der Waals surface area contributed by atoms with E-state index >= 15 is 0 Å². The van der Waals surface area contributed by atoms with Gasteiger partial charge < -0.3 is 14.5 Å². The number of fused-ring (bicyclic) bond motifs is 1. The molecule has 102 valence electrons. The van der Waals surface area contributed by atoms with Crippen LogP contribution in [0.2, 0.25) is 5.02 Å². The molecule has 0 spiro atoms. The maximum absolute atomic E-state index is 6.24. The van der Waals surface area contributed by atoms with E-state index in [0.717, 1.165) is 33.3 Å². The Morgan fingerprint density at radius 1 is 1.47 bits per heavy atom. The molecule has 1 aliphatic rings. The molecule has 5 heteroatoms. The van der Waals surface area contributed by atoms with Gasteiger partial charge in [0.15, 0.2) is 5.58 Å². The molecule has 0 atom stereocenters.